The monoisotopic (exact) mass is 445 g/mol. The lowest BCUT2D eigenvalue weighted by atomic mass is 9.86. The van der Waals surface area contributed by atoms with E-state index in [1.165, 1.54) is 25.2 Å². The van der Waals surface area contributed by atoms with E-state index in [-0.39, 0.29) is 23.7 Å². The molecule has 0 fully saturated rings. The molecule has 0 aliphatic carbocycles. The van der Waals surface area contributed by atoms with Gasteiger partial charge in [0.15, 0.2) is 17.3 Å². The zero-order valence-electron chi connectivity index (χ0n) is 19.4. The highest BCUT2D eigenvalue weighted by Crippen LogP contribution is 2.29. The van der Waals surface area contributed by atoms with Gasteiger partial charge in [-0.05, 0) is 49.6 Å². The first-order valence-electron chi connectivity index (χ1n) is 11.2. The molecule has 3 aromatic carbocycles. The smallest absolute Gasteiger partial charge is 0.220 e. The number of benzene rings is 3. The Hall–Kier alpha value is -3.60. The largest absolute Gasteiger partial charge is 0.493 e. The van der Waals surface area contributed by atoms with Crippen molar-refractivity contribution in [3.05, 3.63) is 95.6 Å². The number of ether oxygens (including phenoxy) is 2. The van der Waals surface area contributed by atoms with Gasteiger partial charge in [-0.1, -0.05) is 60.7 Å². The van der Waals surface area contributed by atoms with Gasteiger partial charge in [-0.25, -0.2) is 0 Å². The van der Waals surface area contributed by atoms with E-state index < -0.39 is 0 Å². The second-order valence-electron chi connectivity index (χ2n) is 8.03. The van der Waals surface area contributed by atoms with Crippen molar-refractivity contribution in [2.45, 2.75) is 38.6 Å². The van der Waals surface area contributed by atoms with Crippen LogP contribution in [0.15, 0.2) is 78.9 Å². The fourth-order valence-corrected chi connectivity index (χ4v) is 3.92. The topological polar surface area (TPSA) is 64.6 Å². The van der Waals surface area contributed by atoms with Crippen LogP contribution in [0.2, 0.25) is 0 Å². The number of carbonyl (C=O) groups is 2. The quantitative estimate of drug-likeness (QED) is 0.317. The molecule has 172 valence electrons. The molecule has 0 aliphatic heterocycles. The van der Waals surface area contributed by atoms with Gasteiger partial charge in [-0.3, -0.25) is 9.59 Å². The van der Waals surface area contributed by atoms with Gasteiger partial charge in [0.05, 0.1) is 13.7 Å². The third kappa shape index (κ3) is 6.69. The molecule has 33 heavy (non-hydrogen) atoms. The Morgan fingerprint density at radius 1 is 0.879 bits per heavy atom. The van der Waals surface area contributed by atoms with Crippen LogP contribution in [0, 0.1) is 0 Å². The molecule has 0 spiro atoms. The minimum absolute atomic E-state index is 0.0122. The normalized spacial score (nSPS) is 11.6. The first kappa shape index (κ1) is 24.1. The highest BCUT2D eigenvalue weighted by molar-refractivity contribution is 5.94. The number of Topliss-reactive ketones (excluding diaryl/α,β-unsaturated/α-hetero) is 1. The van der Waals surface area contributed by atoms with E-state index in [1.807, 2.05) is 43.3 Å². The summed E-state index contributed by atoms with van der Waals surface area (Å²) in [5.74, 6) is 1.09. The fourth-order valence-electron chi connectivity index (χ4n) is 3.92. The van der Waals surface area contributed by atoms with Crippen molar-refractivity contribution in [1.29, 1.82) is 0 Å². The second kappa shape index (κ2) is 11.9. The van der Waals surface area contributed by atoms with Crippen molar-refractivity contribution in [3.63, 3.8) is 0 Å². The number of carbonyl (C=O) groups excluding carboxylic acids is 2. The highest BCUT2D eigenvalue weighted by atomic mass is 16.5. The van der Waals surface area contributed by atoms with Crippen molar-refractivity contribution in [2.24, 2.45) is 0 Å². The molecule has 0 radical (unpaired) electrons. The van der Waals surface area contributed by atoms with Crippen LogP contribution >= 0.6 is 0 Å². The van der Waals surface area contributed by atoms with E-state index in [9.17, 15) is 9.59 Å². The summed E-state index contributed by atoms with van der Waals surface area (Å²) < 4.78 is 11.1. The summed E-state index contributed by atoms with van der Waals surface area (Å²) in [5.41, 5.74) is 2.90. The zero-order chi connectivity index (χ0) is 23.6. The van der Waals surface area contributed by atoms with Crippen molar-refractivity contribution in [3.8, 4) is 11.5 Å². The van der Waals surface area contributed by atoms with E-state index in [4.69, 9.17) is 9.47 Å². The minimum Gasteiger partial charge on any atom is -0.493 e. The standard InChI is InChI=1S/C28H31NO4/c1-20(28(22-11-6-4-7-12-22)23-13-8-5-9-14-23)29-27(31)15-10-18-33-25-17-16-24(21(2)30)19-26(25)32-3/h4-9,11-14,16-17,19-20,28H,10,15,18H2,1-3H3,(H,29,31). The molecular formula is C28H31NO4. The van der Waals surface area contributed by atoms with E-state index >= 15 is 0 Å². The SMILES string of the molecule is COc1cc(C(C)=O)ccc1OCCCC(=O)NC(C)C(c1ccccc1)c1ccccc1. The predicted molar refractivity (Wildman–Crippen MR) is 130 cm³/mol. The van der Waals surface area contributed by atoms with E-state index in [0.717, 1.165) is 0 Å². The summed E-state index contributed by atoms with van der Waals surface area (Å²) in [6.45, 7) is 3.92. The van der Waals surface area contributed by atoms with Crippen LogP contribution in [0.5, 0.6) is 11.5 Å². The Kier molecular flexibility index (Phi) is 8.64. The highest BCUT2D eigenvalue weighted by Gasteiger charge is 2.22. The van der Waals surface area contributed by atoms with Gasteiger partial charge in [0, 0.05) is 23.9 Å². The van der Waals surface area contributed by atoms with Crippen LogP contribution in [-0.2, 0) is 4.79 Å². The average Bonchev–Trinajstić information content (AvgIpc) is 2.83. The summed E-state index contributed by atoms with van der Waals surface area (Å²) in [4.78, 5) is 24.2. The first-order valence-corrected chi connectivity index (χ1v) is 11.2. The molecule has 1 N–H and O–H groups in total. The second-order valence-corrected chi connectivity index (χ2v) is 8.03. The molecule has 0 bridgehead atoms. The third-order valence-electron chi connectivity index (χ3n) is 5.58. The van der Waals surface area contributed by atoms with Crippen molar-refractivity contribution in [2.75, 3.05) is 13.7 Å². The third-order valence-corrected chi connectivity index (χ3v) is 5.58. The lowest BCUT2D eigenvalue weighted by Crippen LogP contribution is -2.37. The number of rotatable bonds is 11. The van der Waals surface area contributed by atoms with Crippen LogP contribution in [0.3, 0.4) is 0 Å². The molecule has 0 heterocycles. The fraction of sp³-hybridized carbons (Fsp3) is 0.286. The maximum absolute atomic E-state index is 12.6. The van der Waals surface area contributed by atoms with Crippen LogP contribution in [0.1, 0.15) is 54.1 Å². The summed E-state index contributed by atoms with van der Waals surface area (Å²) >= 11 is 0. The minimum atomic E-state index is -0.0672. The van der Waals surface area contributed by atoms with Gasteiger partial charge >= 0.3 is 0 Å². The molecule has 3 aromatic rings. The molecule has 5 heteroatoms. The Bertz CT molecular complexity index is 1010. The maximum Gasteiger partial charge on any atom is 0.220 e. The van der Waals surface area contributed by atoms with Crippen molar-refractivity contribution >= 4 is 11.7 Å². The summed E-state index contributed by atoms with van der Waals surface area (Å²) in [6.07, 6.45) is 0.923. The first-order chi connectivity index (χ1) is 16.0. The van der Waals surface area contributed by atoms with Gasteiger partial charge < -0.3 is 14.8 Å². The average molecular weight is 446 g/mol. The molecule has 0 aliphatic rings. The van der Waals surface area contributed by atoms with Gasteiger partial charge in [0.25, 0.3) is 0 Å². The Morgan fingerprint density at radius 2 is 1.48 bits per heavy atom. The molecule has 1 amide bonds. The van der Waals surface area contributed by atoms with E-state index in [1.54, 1.807) is 18.2 Å². The van der Waals surface area contributed by atoms with Gasteiger partial charge in [0.1, 0.15) is 0 Å². The van der Waals surface area contributed by atoms with E-state index in [2.05, 4.69) is 29.6 Å². The Balaban J connectivity index is 1.55. The number of hydrogen-bond acceptors (Lipinski definition) is 4. The van der Waals surface area contributed by atoms with E-state index in [0.29, 0.717) is 36.5 Å². The van der Waals surface area contributed by atoms with Crippen molar-refractivity contribution in [1.82, 2.24) is 5.32 Å². The van der Waals surface area contributed by atoms with Crippen LogP contribution in [-0.4, -0.2) is 31.4 Å². The number of ketones is 1. The lowest BCUT2D eigenvalue weighted by Gasteiger charge is -2.26. The molecule has 0 saturated heterocycles. The molecule has 1 unspecified atom stereocenters. The molecule has 1 atom stereocenters. The number of hydrogen-bond donors (Lipinski definition) is 1. The molecule has 3 rings (SSSR count). The number of amides is 1. The van der Waals surface area contributed by atoms with Crippen molar-refractivity contribution < 1.29 is 19.1 Å². The Morgan fingerprint density at radius 3 is 2.03 bits per heavy atom. The summed E-state index contributed by atoms with van der Waals surface area (Å²) in [5, 5.41) is 3.16. The van der Waals surface area contributed by atoms with Gasteiger partial charge in [0.2, 0.25) is 5.91 Å². The maximum atomic E-state index is 12.6. The Labute approximate surface area is 195 Å². The molecule has 5 nitrogen and oxygen atoms in total. The number of nitrogens with one attached hydrogen (secondary N) is 1. The zero-order valence-corrected chi connectivity index (χ0v) is 19.4. The van der Waals surface area contributed by atoms with Gasteiger partial charge in [-0.15, -0.1) is 0 Å². The summed E-state index contributed by atoms with van der Waals surface area (Å²) in [6, 6.07) is 25.5. The molecule has 0 saturated carbocycles. The summed E-state index contributed by atoms with van der Waals surface area (Å²) in [7, 11) is 1.54. The predicted octanol–water partition coefficient (Wildman–Crippen LogP) is 5.39. The molecule has 0 aromatic heterocycles. The van der Waals surface area contributed by atoms with Crippen LogP contribution in [0.4, 0.5) is 0 Å². The van der Waals surface area contributed by atoms with Crippen LogP contribution < -0.4 is 14.8 Å². The molecular weight excluding hydrogens is 414 g/mol. The lowest BCUT2D eigenvalue weighted by molar-refractivity contribution is -0.122. The number of methoxy groups -OCH3 is 1. The van der Waals surface area contributed by atoms with Crippen LogP contribution in [0.25, 0.3) is 0 Å². The van der Waals surface area contributed by atoms with Gasteiger partial charge in [-0.2, -0.15) is 0 Å².